The quantitative estimate of drug-likeness (QED) is 0.605. The lowest BCUT2D eigenvalue weighted by Crippen LogP contribution is -2.28. The van der Waals surface area contributed by atoms with E-state index >= 15 is 0 Å². The number of rotatable bonds is 3. The summed E-state index contributed by atoms with van der Waals surface area (Å²) in [6, 6.07) is 8.71. The summed E-state index contributed by atoms with van der Waals surface area (Å²) in [6.07, 6.45) is -0.530. The summed E-state index contributed by atoms with van der Waals surface area (Å²) in [4.78, 5) is 11.6. The maximum Gasteiger partial charge on any atom is 0.338 e. The molecule has 0 radical (unpaired) electrons. The molecule has 4 heteroatoms. The lowest BCUT2D eigenvalue weighted by atomic mass is 10.2. The summed E-state index contributed by atoms with van der Waals surface area (Å²) in [7, 11) is 0. The number of thiocarbonyl (C=S) groups is 1. The average molecular weight is 209 g/mol. The molecule has 1 aromatic carbocycles. The van der Waals surface area contributed by atoms with Crippen LogP contribution in [0.5, 0.6) is 0 Å². The van der Waals surface area contributed by atoms with Crippen molar-refractivity contribution in [3.63, 3.8) is 0 Å². The Balaban J connectivity index is 2.64. The summed E-state index contributed by atoms with van der Waals surface area (Å²) in [5.74, 6) is -0.411. The van der Waals surface area contributed by atoms with Crippen molar-refractivity contribution >= 4 is 23.2 Å². The minimum atomic E-state index is -0.530. The molecule has 0 heterocycles. The molecule has 1 atom stereocenters. The molecule has 14 heavy (non-hydrogen) atoms. The molecular weight excluding hydrogens is 198 g/mol. The monoisotopic (exact) mass is 209 g/mol. The summed E-state index contributed by atoms with van der Waals surface area (Å²) in [5, 5.41) is 0. The summed E-state index contributed by atoms with van der Waals surface area (Å²) in [5.41, 5.74) is 5.81. The number of ether oxygens (including phenoxy) is 1. The Bertz CT molecular complexity index is 337. The number of carbonyl (C=O) groups excluding carboxylic acids is 1. The minimum absolute atomic E-state index is 0.175. The second-order valence-electron chi connectivity index (χ2n) is 2.82. The van der Waals surface area contributed by atoms with Crippen molar-refractivity contribution in [2.75, 3.05) is 0 Å². The number of nitrogens with two attached hydrogens (primary N) is 1. The van der Waals surface area contributed by atoms with Gasteiger partial charge in [-0.05, 0) is 19.1 Å². The van der Waals surface area contributed by atoms with Crippen molar-refractivity contribution in [3.05, 3.63) is 35.9 Å². The van der Waals surface area contributed by atoms with Crippen molar-refractivity contribution in [2.45, 2.75) is 13.0 Å². The van der Waals surface area contributed by atoms with Crippen LogP contribution < -0.4 is 5.73 Å². The Kier molecular flexibility index (Phi) is 3.59. The van der Waals surface area contributed by atoms with Gasteiger partial charge in [-0.1, -0.05) is 30.4 Å². The minimum Gasteiger partial charge on any atom is -0.452 e. The van der Waals surface area contributed by atoms with Gasteiger partial charge in [0, 0.05) is 0 Å². The summed E-state index contributed by atoms with van der Waals surface area (Å²) < 4.78 is 4.99. The number of hydrogen-bond acceptors (Lipinski definition) is 3. The highest BCUT2D eigenvalue weighted by atomic mass is 32.1. The van der Waals surface area contributed by atoms with Gasteiger partial charge in [-0.25, -0.2) is 4.79 Å². The molecule has 0 aliphatic carbocycles. The number of hydrogen-bond donors (Lipinski definition) is 1. The molecule has 0 saturated carbocycles. The first-order valence-corrected chi connectivity index (χ1v) is 4.57. The van der Waals surface area contributed by atoms with Crippen LogP contribution in [0.4, 0.5) is 0 Å². The van der Waals surface area contributed by atoms with E-state index in [0.717, 1.165) is 0 Å². The Morgan fingerprint density at radius 2 is 2.00 bits per heavy atom. The van der Waals surface area contributed by atoms with E-state index in [0.29, 0.717) is 5.56 Å². The first-order valence-electron chi connectivity index (χ1n) is 4.16. The highest BCUT2D eigenvalue weighted by Crippen LogP contribution is 2.03. The third-order valence-corrected chi connectivity index (χ3v) is 2.03. The van der Waals surface area contributed by atoms with Crippen LogP contribution in [0.25, 0.3) is 0 Å². The van der Waals surface area contributed by atoms with E-state index < -0.39 is 12.1 Å². The van der Waals surface area contributed by atoms with Crippen LogP contribution in [-0.2, 0) is 4.74 Å². The third-order valence-electron chi connectivity index (χ3n) is 1.69. The van der Waals surface area contributed by atoms with E-state index in [9.17, 15) is 4.79 Å². The molecule has 2 N–H and O–H groups in total. The maximum atomic E-state index is 11.4. The van der Waals surface area contributed by atoms with Gasteiger partial charge in [0.25, 0.3) is 0 Å². The number of benzene rings is 1. The maximum absolute atomic E-state index is 11.4. The molecule has 0 unspecified atom stereocenters. The summed E-state index contributed by atoms with van der Waals surface area (Å²) in [6.45, 7) is 1.64. The highest BCUT2D eigenvalue weighted by Gasteiger charge is 2.12. The van der Waals surface area contributed by atoms with Crippen LogP contribution in [0.3, 0.4) is 0 Å². The van der Waals surface area contributed by atoms with Crippen LogP contribution in [-0.4, -0.2) is 17.1 Å². The second-order valence-corrected chi connectivity index (χ2v) is 3.29. The molecule has 0 bridgehead atoms. The van der Waals surface area contributed by atoms with Gasteiger partial charge >= 0.3 is 5.97 Å². The van der Waals surface area contributed by atoms with Crippen LogP contribution >= 0.6 is 12.2 Å². The zero-order valence-corrected chi connectivity index (χ0v) is 8.58. The van der Waals surface area contributed by atoms with Crippen LogP contribution in [0, 0.1) is 0 Å². The van der Waals surface area contributed by atoms with E-state index in [4.69, 9.17) is 10.5 Å². The zero-order valence-electron chi connectivity index (χ0n) is 7.77. The second kappa shape index (κ2) is 4.72. The predicted molar refractivity (Wildman–Crippen MR) is 58.1 cm³/mol. The highest BCUT2D eigenvalue weighted by molar-refractivity contribution is 7.80. The molecule has 0 aromatic heterocycles. The van der Waals surface area contributed by atoms with E-state index in [-0.39, 0.29) is 4.99 Å². The van der Waals surface area contributed by atoms with Gasteiger partial charge in [0.2, 0.25) is 0 Å². The van der Waals surface area contributed by atoms with Crippen LogP contribution in [0.15, 0.2) is 30.3 Å². The van der Waals surface area contributed by atoms with Gasteiger partial charge in [0.05, 0.1) is 5.56 Å². The van der Waals surface area contributed by atoms with Crippen molar-refractivity contribution < 1.29 is 9.53 Å². The normalized spacial score (nSPS) is 11.8. The van der Waals surface area contributed by atoms with Crippen molar-refractivity contribution in [3.8, 4) is 0 Å². The molecule has 0 aliphatic heterocycles. The lowest BCUT2D eigenvalue weighted by Gasteiger charge is -2.10. The Labute approximate surface area is 87.9 Å². The fourth-order valence-corrected chi connectivity index (χ4v) is 0.909. The standard InChI is InChI=1S/C10H11NO2S/c1-7(9(11)14)13-10(12)8-5-3-2-4-6-8/h2-7H,1H3,(H2,11,14)/t7-/m1/s1. The molecule has 0 fully saturated rings. The van der Waals surface area contributed by atoms with Crippen molar-refractivity contribution in [1.29, 1.82) is 0 Å². The molecular formula is C10H11NO2S. The van der Waals surface area contributed by atoms with Gasteiger partial charge < -0.3 is 10.5 Å². The first kappa shape index (κ1) is 10.7. The molecule has 74 valence electrons. The predicted octanol–water partition coefficient (Wildman–Crippen LogP) is 1.52. The van der Waals surface area contributed by atoms with E-state index in [1.807, 2.05) is 6.07 Å². The fourth-order valence-electron chi connectivity index (χ4n) is 0.861. The fraction of sp³-hybridized carbons (Fsp3) is 0.200. The van der Waals surface area contributed by atoms with Gasteiger partial charge in [-0.15, -0.1) is 0 Å². The first-order chi connectivity index (χ1) is 6.61. The zero-order chi connectivity index (χ0) is 10.6. The van der Waals surface area contributed by atoms with E-state index in [2.05, 4.69) is 12.2 Å². The van der Waals surface area contributed by atoms with Crippen molar-refractivity contribution in [1.82, 2.24) is 0 Å². The molecule has 0 aliphatic rings. The smallest absolute Gasteiger partial charge is 0.338 e. The Morgan fingerprint density at radius 3 is 2.50 bits per heavy atom. The van der Waals surface area contributed by atoms with E-state index in [1.165, 1.54) is 0 Å². The largest absolute Gasteiger partial charge is 0.452 e. The number of carbonyl (C=O) groups is 1. The molecule has 1 aromatic rings. The molecule has 0 spiro atoms. The SMILES string of the molecule is C[C@@H](OC(=O)c1ccccc1)C(N)=S. The van der Waals surface area contributed by atoms with Gasteiger partial charge in [-0.3, -0.25) is 0 Å². The van der Waals surface area contributed by atoms with Gasteiger partial charge in [-0.2, -0.15) is 0 Å². The molecule has 1 rings (SSSR count). The summed E-state index contributed by atoms with van der Waals surface area (Å²) >= 11 is 4.69. The molecule has 0 saturated heterocycles. The van der Waals surface area contributed by atoms with Gasteiger partial charge in [0.1, 0.15) is 11.1 Å². The lowest BCUT2D eigenvalue weighted by molar-refractivity contribution is 0.0454. The van der Waals surface area contributed by atoms with Crippen LogP contribution in [0.1, 0.15) is 17.3 Å². The molecule has 0 amide bonds. The third kappa shape index (κ3) is 2.81. The van der Waals surface area contributed by atoms with Crippen molar-refractivity contribution in [2.24, 2.45) is 5.73 Å². The Morgan fingerprint density at radius 1 is 1.43 bits per heavy atom. The molecule has 3 nitrogen and oxygen atoms in total. The van der Waals surface area contributed by atoms with Crippen LogP contribution in [0.2, 0.25) is 0 Å². The number of esters is 1. The van der Waals surface area contributed by atoms with E-state index in [1.54, 1.807) is 31.2 Å². The topological polar surface area (TPSA) is 52.3 Å². The average Bonchev–Trinajstić information content (AvgIpc) is 2.19. The Hall–Kier alpha value is -1.42. The van der Waals surface area contributed by atoms with Gasteiger partial charge in [0.15, 0.2) is 0 Å².